The molecule has 1 saturated heterocycles. The number of benzene rings is 1. The molecule has 1 N–H and O–H groups in total. The zero-order chi connectivity index (χ0) is 18.7. The number of carbonyl (C=O) groups is 1. The minimum Gasteiger partial charge on any atom is -0.325 e. The molecule has 0 saturated carbocycles. The number of aromatic nitrogens is 3. The monoisotopic (exact) mass is 394 g/mol. The summed E-state index contributed by atoms with van der Waals surface area (Å²) in [5.41, 5.74) is 1.86. The predicted octanol–water partition coefficient (Wildman–Crippen LogP) is 1.83. The molecule has 0 unspecified atom stereocenters. The maximum Gasteiger partial charge on any atom is 0.234 e. The van der Waals surface area contributed by atoms with E-state index in [-0.39, 0.29) is 29.1 Å². The maximum absolute atomic E-state index is 12.1. The summed E-state index contributed by atoms with van der Waals surface area (Å²) in [6, 6.07) is 7.64. The molecule has 9 heteroatoms. The lowest BCUT2D eigenvalue weighted by atomic mass is 10.1. The Morgan fingerprint density at radius 1 is 1.38 bits per heavy atom. The normalized spacial score (nSPS) is 18.8. The molecule has 0 aliphatic carbocycles. The molecule has 1 aliphatic rings. The Morgan fingerprint density at radius 2 is 2.19 bits per heavy atom. The van der Waals surface area contributed by atoms with E-state index in [1.807, 2.05) is 42.8 Å². The second kappa shape index (κ2) is 7.79. The third-order valence-electron chi connectivity index (χ3n) is 4.36. The average molecular weight is 395 g/mol. The molecule has 2 heterocycles. The summed E-state index contributed by atoms with van der Waals surface area (Å²) in [6.45, 7) is 1.97. The lowest BCUT2D eigenvalue weighted by Gasteiger charge is -2.08. The Kier molecular flexibility index (Phi) is 5.67. The molecule has 0 bridgehead atoms. The van der Waals surface area contributed by atoms with Crippen molar-refractivity contribution < 1.29 is 13.2 Å². The van der Waals surface area contributed by atoms with Crippen LogP contribution in [0.15, 0.2) is 29.4 Å². The van der Waals surface area contributed by atoms with Crippen molar-refractivity contribution in [1.82, 2.24) is 14.8 Å². The molecule has 1 fully saturated rings. The van der Waals surface area contributed by atoms with Crippen molar-refractivity contribution in [2.75, 3.05) is 22.6 Å². The molecule has 1 aromatic carbocycles. The highest BCUT2D eigenvalue weighted by molar-refractivity contribution is 7.99. The molecule has 3 rings (SSSR count). The number of nitrogens with zero attached hydrogens (tertiary/aromatic N) is 3. The summed E-state index contributed by atoms with van der Waals surface area (Å²) >= 11 is 1.32. The fraction of sp³-hybridized carbons (Fsp3) is 0.471. The van der Waals surface area contributed by atoms with Gasteiger partial charge in [-0.05, 0) is 37.0 Å². The van der Waals surface area contributed by atoms with Gasteiger partial charge in [0.2, 0.25) is 5.91 Å². The second-order valence-electron chi connectivity index (χ2n) is 6.64. The molecule has 0 radical (unpaired) electrons. The van der Waals surface area contributed by atoms with E-state index in [1.165, 1.54) is 11.8 Å². The van der Waals surface area contributed by atoms with Gasteiger partial charge in [0, 0.05) is 19.2 Å². The summed E-state index contributed by atoms with van der Waals surface area (Å²) in [5, 5.41) is 11.8. The Labute approximate surface area is 157 Å². The molecule has 140 valence electrons. The first-order valence-corrected chi connectivity index (χ1v) is 11.2. The van der Waals surface area contributed by atoms with Crippen molar-refractivity contribution in [3.63, 3.8) is 0 Å². The van der Waals surface area contributed by atoms with E-state index in [0.29, 0.717) is 18.0 Å². The van der Waals surface area contributed by atoms with Crippen molar-refractivity contribution >= 4 is 33.2 Å². The van der Waals surface area contributed by atoms with E-state index < -0.39 is 9.84 Å². The van der Waals surface area contributed by atoms with E-state index in [4.69, 9.17) is 0 Å². The number of aryl methyl sites for hydroxylation is 1. The molecule has 0 spiro atoms. The van der Waals surface area contributed by atoms with Gasteiger partial charge in [-0.1, -0.05) is 23.9 Å². The van der Waals surface area contributed by atoms with Gasteiger partial charge in [0.15, 0.2) is 15.0 Å². The third kappa shape index (κ3) is 4.85. The molecule has 1 aromatic heterocycles. The number of thioether (sulfide) groups is 1. The quantitative estimate of drug-likeness (QED) is 0.751. The molecule has 2 aromatic rings. The van der Waals surface area contributed by atoms with Crippen LogP contribution in [0.1, 0.15) is 17.8 Å². The van der Waals surface area contributed by atoms with Crippen LogP contribution >= 0.6 is 11.8 Å². The number of nitrogens with one attached hydrogen (secondary N) is 1. The predicted molar refractivity (Wildman–Crippen MR) is 102 cm³/mol. The molecule has 1 atom stereocenters. The van der Waals surface area contributed by atoms with E-state index in [1.54, 1.807) is 0 Å². The first-order valence-electron chi connectivity index (χ1n) is 8.40. The summed E-state index contributed by atoms with van der Waals surface area (Å²) in [4.78, 5) is 12.1. The van der Waals surface area contributed by atoms with Gasteiger partial charge >= 0.3 is 0 Å². The SMILES string of the molecule is Cc1cccc(NC(=O)CSc2nnc(C[C@@H]3CCS(=O)(=O)C3)n2C)c1. The first-order chi connectivity index (χ1) is 12.3. The van der Waals surface area contributed by atoms with E-state index in [0.717, 1.165) is 17.1 Å². The Bertz CT molecular complexity index is 908. The number of hydrogen-bond donors (Lipinski definition) is 1. The lowest BCUT2D eigenvalue weighted by molar-refractivity contribution is -0.113. The lowest BCUT2D eigenvalue weighted by Crippen LogP contribution is -2.14. The number of hydrogen-bond acceptors (Lipinski definition) is 6. The van der Waals surface area contributed by atoms with Crippen LogP contribution in [0.25, 0.3) is 0 Å². The number of sulfone groups is 1. The topological polar surface area (TPSA) is 94.0 Å². The molecular weight excluding hydrogens is 372 g/mol. The largest absolute Gasteiger partial charge is 0.325 e. The van der Waals surface area contributed by atoms with Crippen LogP contribution in [0, 0.1) is 12.8 Å². The average Bonchev–Trinajstić information content (AvgIpc) is 3.08. The van der Waals surface area contributed by atoms with Crippen LogP contribution in [0.5, 0.6) is 0 Å². The van der Waals surface area contributed by atoms with Crippen molar-refractivity contribution in [3.05, 3.63) is 35.7 Å². The summed E-state index contributed by atoms with van der Waals surface area (Å²) in [6.07, 6.45) is 1.27. The zero-order valence-electron chi connectivity index (χ0n) is 14.8. The summed E-state index contributed by atoms with van der Waals surface area (Å²) in [5.74, 6) is 1.47. The van der Waals surface area contributed by atoms with Crippen molar-refractivity contribution in [2.45, 2.75) is 24.9 Å². The fourth-order valence-electron chi connectivity index (χ4n) is 2.99. The van der Waals surface area contributed by atoms with Gasteiger partial charge in [0.05, 0.1) is 17.3 Å². The summed E-state index contributed by atoms with van der Waals surface area (Å²) < 4.78 is 25.0. The molecule has 26 heavy (non-hydrogen) atoms. The number of rotatable bonds is 6. The van der Waals surface area contributed by atoms with E-state index in [2.05, 4.69) is 15.5 Å². The Hall–Kier alpha value is -1.87. The smallest absolute Gasteiger partial charge is 0.234 e. The first kappa shape index (κ1) is 18.9. The number of anilines is 1. The van der Waals surface area contributed by atoms with Crippen molar-refractivity contribution in [1.29, 1.82) is 0 Å². The van der Waals surface area contributed by atoms with E-state index in [9.17, 15) is 13.2 Å². The maximum atomic E-state index is 12.1. The third-order valence-corrected chi connectivity index (χ3v) is 7.21. The highest BCUT2D eigenvalue weighted by Gasteiger charge is 2.29. The van der Waals surface area contributed by atoms with Gasteiger partial charge < -0.3 is 9.88 Å². The molecular formula is C17H22N4O3S2. The number of carbonyl (C=O) groups excluding carboxylic acids is 1. The molecule has 1 aliphatic heterocycles. The van der Waals surface area contributed by atoms with Gasteiger partial charge in [0.25, 0.3) is 0 Å². The van der Waals surface area contributed by atoms with Crippen LogP contribution < -0.4 is 5.32 Å². The highest BCUT2D eigenvalue weighted by Crippen LogP contribution is 2.24. The van der Waals surface area contributed by atoms with Crippen LogP contribution in [-0.4, -0.2) is 46.3 Å². The fourth-order valence-corrected chi connectivity index (χ4v) is 5.58. The van der Waals surface area contributed by atoms with Crippen molar-refractivity contribution in [2.24, 2.45) is 13.0 Å². The Balaban J connectivity index is 1.54. The summed E-state index contributed by atoms with van der Waals surface area (Å²) in [7, 11) is -1.04. The van der Waals surface area contributed by atoms with Gasteiger partial charge in [-0.2, -0.15) is 0 Å². The van der Waals surface area contributed by atoms with Crippen LogP contribution in [0.3, 0.4) is 0 Å². The minimum absolute atomic E-state index is 0.102. The zero-order valence-corrected chi connectivity index (χ0v) is 16.4. The van der Waals surface area contributed by atoms with Gasteiger partial charge in [-0.25, -0.2) is 8.42 Å². The standard InChI is InChI=1S/C17H22N4O3S2/c1-12-4-3-5-14(8-12)18-16(22)10-25-17-20-19-15(21(17)2)9-13-6-7-26(23,24)11-13/h3-5,8,13H,6-7,9-11H2,1-2H3,(H,18,22)/t13-/m0/s1. The van der Waals surface area contributed by atoms with Crippen LogP contribution in [0.2, 0.25) is 0 Å². The van der Waals surface area contributed by atoms with Gasteiger partial charge in [-0.15, -0.1) is 10.2 Å². The highest BCUT2D eigenvalue weighted by atomic mass is 32.2. The van der Waals surface area contributed by atoms with Gasteiger partial charge in [-0.3, -0.25) is 4.79 Å². The Morgan fingerprint density at radius 3 is 2.88 bits per heavy atom. The molecule has 1 amide bonds. The number of amides is 1. The minimum atomic E-state index is -2.89. The van der Waals surface area contributed by atoms with Gasteiger partial charge in [0.1, 0.15) is 5.82 Å². The van der Waals surface area contributed by atoms with E-state index >= 15 is 0 Å². The molecule has 7 nitrogen and oxygen atoms in total. The van der Waals surface area contributed by atoms with Crippen molar-refractivity contribution in [3.8, 4) is 0 Å². The van der Waals surface area contributed by atoms with Crippen LogP contribution in [0.4, 0.5) is 5.69 Å². The van der Waals surface area contributed by atoms with Crippen LogP contribution in [-0.2, 0) is 28.1 Å². The second-order valence-corrected chi connectivity index (χ2v) is 9.81.